The Morgan fingerprint density at radius 1 is 1.45 bits per heavy atom. The van der Waals surface area contributed by atoms with Crippen molar-refractivity contribution in [3.63, 3.8) is 0 Å². The molecule has 0 saturated carbocycles. The van der Waals surface area contributed by atoms with Crippen LogP contribution in [0.4, 0.5) is 0 Å². The summed E-state index contributed by atoms with van der Waals surface area (Å²) in [7, 11) is 0. The molecular formula is C8H6OS2. The minimum absolute atomic E-state index is 0.142. The molecule has 0 saturated heterocycles. The third kappa shape index (κ3) is 1.10. The van der Waals surface area contributed by atoms with Crippen LogP contribution in [-0.2, 0) is 0 Å². The maximum atomic E-state index is 11.2. The van der Waals surface area contributed by atoms with Crippen molar-refractivity contribution in [1.82, 2.24) is 0 Å². The van der Waals surface area contributed by atoms with Gasteiger partial charge in [0.05, 0.1) is 9.40 Å². The molecule has 2 heterocycles. The molecule has 0 aromatic carbocycles. The first-order valence-electron chi connectivity index (χ1n) is 3.25. The Hall–Kier alpha value is -0.670. The van der Waals surface area contributed by atoms with Crippen LogP contribution in [0.25, 0.3) is 9.40 Å². The van der Waals surface area contributed by atoms with E-state index in [1.807, 2.05) is 18.4 Å². The van der Waals surface area contributed by atoms with E-state index < -0.39 is 0 Å². The van der Waals surface area contributed by atoms with Crippen molar-refractivity contribution in [3.05, 3.63) is 32.6 Å². The summed E-state index contributed by atoms with van der Waals surface area (Å²) in [6.07, 6.45) is 0. The Morgan fingerprint density at radius 2 is 2.27 bits per heavy atom. The SMILES string of the molecule is Cc1cc2c(=O)ccsc2s1. The van der Waals surface area contributed by atoms with Gasteiger partial charge in [-0.1, -0.05) is 0 Å². The zero-order chi connectivity index (χ0) is 7.84. The largest absolute Gasteiger partial charge is 0.289 e. The van der Waals surface area contributed by atoms with E-state index in [0.717, 1.165) is 9.40 Å². The van der Waals surface area contributed by atoms with Crippen molar-refractivity contribution in [2.45, 2.75) is 6.92 Å². The molecule has 0 unspecified atom stereocenters. The second-order valence-corrected chi connectivity index (χ2v) is 4.77. The van der Waals surface area contributed by atoms with Gasteiger partial charge in [-0.3, -0.25) is 4.79 Å². The summed E-state index contributed by atoms with van der Waals surface area (Å²) in [5.41, 5.74) is 0.142. The van der Waals surface area contributed by atoms with Gasteiger partial charge in [-0.2, -0.15) is 0 Å². The molecule has 0 N–H and O–H groups in total. The first kappa shape index (κ1) is 7.00. The number of thiophene rings is 1. The smallest absolute Gasteiger partial charge is 0.188 e. The Morgan fingerprint density at radius 3 is 3.00 bits per heavy atom. The van der Waals surface area contributed by atoms with Gasteiger partial charge in [0.25, 0.3) is 0 Å². The highest BCUT2D eigenvalue weighted by Gasteiger charge is 2.00. The molecule has 3 heteroatoms. The van der Waals surface area contributed by atoms with Crippen LogP contribution in [0.3, 0.4) is 0 Å². The molecule has 0 aliphatic carbocycles. The van der Waals surface area contributed by atoms with E-state index in [0.29, 0.717) is 0 Å². The van der Waals surface area contributed by atoms with Gasteiger partial charge in [0.15, 0.2) is 5.43 Å². The average molecular weight is 182 g/mol. The van der Waals surface area contributed by atoms with E-state index in [9.17, 15) is 4.79 Å². The third-order valence-corrected chi connectivity index (χ3v) is 3.57. The lowest BCUT2D eigenvalue weighted by Gasteiger charge is -1.80. The zero-order valence-corrected chi connectivity index (χ0v) is 7.59. The number of aryl methyl sites for hydroxylation is 1. The molecule has 2 aromatic heterocycles. The topological polar surface area (TPSA) is 17.1 Å². The maximum absolute atomic E-state index is 11.2. The van der Waals surface area contributed by atoms with Gasteiger partial charge in [-0.25, -0.2) is 0 Å². The van der Waals surface area contributed by atoms with Crippen LogP contribution in [-0.4, -0.2) is 0 Å². The monoisotopic (exact) mass is 182 g/mol. The molecule has 0 fully saturated rings. The molecular weight excluding hydrogens is 176 g/mol. The van der Waals surface area contributed by atoms with Crippen LogP contribution in [0.5, 0.6) is 0 Å². The summed E-state index contributed by atoms with van der Waals surface area (Å²) in [6, 6.07) is 3.58. The fourth-order valence-corrected chi connectivity index (χ4v) is 3.09. The molecule has 1 nitrogen and oxygen atoms in total. The van der Waals surface area contributed by atoms with Crippen molar-refractivity contribution >= 4 is 32.1 Å². The van der Waals surface area contributed by atoms with E-state index in [1.165, 1.54) is 4.88 Å². The average Bonchev–Trinajstić information content (AvgIpc) is 2.31. The first-order chi connectivity index (χ1) is 5.27. The van der Waals surface area contributed by atoms with E-state index in [-0.39, 0.29) is 5.43 Å². The molecule has 0 atom stereocenters. The molecule has 2 aromatic rings. The highest BCUT2D eigenvalue weighted by atomic mass is 32.2. The van der Waals surface area contributed by atoms with Gasteiger partial charge >= 0.3 is 0 Å². The molecule has 56 valence electrons. The third-order valence-electron chi connectivity index (χ3n) is 1.48. The molecule has 0 aliphatic rings. The van der Waals surface area contributed by atoms with Crippen molar-refractivity contribution in [1.29, 1.82) is 0 Å². The molecule has 0 bridgehead atoms. The Labute approximate surface area is 71.9 Å². The predicted molar refractivity (Wildman–Crippen MR) is 50.7 cm³/mol. The second kappa shape index (κ2) is 2.43. The normalized spacial score (nSPS) is 10.6. The first-order valence-corrected chi connectivity index (χ1v) is 4.95. The number of hydrogen-bond donors (Lipinski definition) is 0. The highest BCUT2D eigenvalue weighted by molar-refractivity contribution is 7.37. The van der Waals surface area contributed by atoms with Crippen LogP contribution in [0.2, 0.25) is 0 Å². The summed E-state index contributed by atoms with van der Waals surface area (Å²) < 4.78 is 1.13. The van der Waals surface area contributed by atoms with Gasteiger partial charge in [0, 0.05) is 4.88 Å². The zero-order valence-electron chi connectivity index (χ0n) is 5.96. The lowest BCUT2D eigenvalue weighted by atomic mass is 10.3. The Balaban J connectivity index is 3.02. The summed E-state index contributed by atoms with van der Waals surface area (Å²) in [5, 5.41) is 2.72. The van der Waals surface area contributed by atoms with Crippen LogP contribution >= 0.6 is 22.7 Å². The quantitative estimate of drug-likeness (QED) is 0.612. The minimum atomic E-state index is 0.142. The Bertz CT molecular complexity index is 439. The molecule has 2 rings (SSSR count). The fourth-order valence-electron chi connectivity index (χ4n) is 1.000. The minimum Gasteiger partial charge on any atom is -0.289 e. The van der Waals surface area contributed by atoms with Crippen LogP contribution in [0.15, 0.2) is 22.3 Å². The van der Waals surface area contributed by atoms with Gasteiger partial charge < -0.3 is 0 Å². The Kier molecular flexibility index (Phi) is 1.55. The lowest BCUT2D eigenvalue weighted by Crippen LogP contribution is -1.93. The summed E-state index contributed by atoms with van der Waals surface area (Å²) in [4.78, 5) is 12.4. The van der Waals surface area contributed by atoms with Crippen molar-refractivity contribution in [3.8, 4) is 0 Å². The fraction of sp³-hybridized carbons (Fsp3) is 0.125. The summed E-state index contributed by atoms with van der Waals surface area (Å²) in [5.74, 6) is 0. The van der Waals surface area contributed by atoms with Crippen molar-refractivity contribution < 1.29 is 0 Å². The highest BCUT2D eigenvalue weighted by Crippen LogP contribution is 2.25. The van der Waals surface area contributed by atoms with Crippen molar-refractivity contribution in [2.75, 3.05) is 0 Å². The van der Waals surface area contributed by atoms with Crippen LogP contribution in [0, 0.1) is 6.92 Å². The predicted octanol–water partition coefficient (Wildman–Crippen LogP) is 2.63. The van der Waals surface area contributed by atoms with E-state index in [4.69, 9.17) is 0 Å². The molecule has 0 amide bonds. The number of fused-ring (bicyclic) bond motifs is 1. The van der Waals surface area contributed by atoms with Gasteiger partial charge in [-0.15, -0.1) is 22.7 Å². The summed E-state index contributed by atoms with van der Waals surface area (Å²) >= 11 is 3.32. The van der Waals surface area contributed by atoms with Crippen LogP contribution < -0.4 is 5.43 Å². The maximum Gasteiger partial charge on any atom is 0.188 e. The molecule has 0 radical (unpaired) electrons. The van der Waals surface area contributed by atoms with Crippen LogP contribution in [0.1, 0.15) is 4.88 Å². The number of rotatable bonds is 0. The van der Waals surface area contributed by atoms with E-state index in [2.05, 4.69) is 0 Å². The molecule has 11 heavy (non-hydrogen) atoms. The van der Waals surface area contributed by atoms with E-state index >= 15 is 0 Å². The molecule has 0 aliphatic heterocycles. The lowest BCUT2D eigenvalue weighted by molar-refractivity contribution is 1.64. The standard InChI is InChI=1S/C8H6OS2/c1-5-4-6-7(9)2-3-10-8(6)11-5/h2-4H,1H3. The van der Waals surface area contributed by atoms with Gasteiger partial charge in [-0.05, 0) is 24.4 Å². The number of hydrogen-bond acceptors (Lipinski definition) is 3. The van der Waals surface area contributed by atoms with Crippen molar-refractivity contribution in [2.24, 2.45) is 0 Å². The molecule has 0 spiro atoms. The van der Waals surface area contributed by atoms with Gasteiger partial charge in [0.1, 0.15) is 0 Å². The summed E-state index contributed by atoms with van der Waals surface area (Å²) in [6.45, 7) is 2.02. The van der Waals surface area contributed by atoms with Gasteiger partial charge in [0.2, 0.25) is 0 Å². The second-order valence-electron chi connectivity index (χ2n) is 2.34. The van der Waals surface area contributed by atoms with E-state index in [1.54, 1.807) is 28.7 Å².